The van der Waals surface area contributed by atoms with Crippen LogP contribution < -0.4 is 4.90 Å². The molecule has 0 radical (unpaired) electrons. The Kier molecular flexibility index (Phi) is 4.86. The summed E-state index contributed by atoms with van der Waals surface area (Å²) in [7, 11) is 1.20. The minimum Gasteiger partial charge on any atom is -0.468 e. The molecule has 1 heterocycles. The van der Waals surface area contributed by atoms with E-state index >= 15 is 0 Å². The van der Waals surface area contributed by atoms with E-state index in [9.17, 15) is 14.0 Å². The number of carbonyl (C=O) groups is 2. The van der Waals surface area contributed by atoms with Crippen LogP contribution in [0.3, 0.4) is 0 Å². The number of ether oxygens (including phenoxy) is 1. The summed E-state index contributed by atoms with van der Waals surface area (Å²) in [6, 6.07) is 8.74. The number of benzene rings is 1. The summed E-state index contributed by atoms with van der Waals surface area (Å²) in [5.41, 5.74) is 0.425. The lowest BCUT2D eigenvalue weighted by molar-refractivity contribution is -0.138. The molecule has 0 saturated heterocycles. The highest BCUT2D eigenvalue weighted by Crippen LogP contribution is 2.23. The van der Waals surface area contributed by atoms with Gasteiger partial charge in [-0.3, -0.25) is 14.5 Å². The molecule has 0 spiro atoms. The van der Waals surface area contributed by atoms with E-state index in [-0.39, 0.29) is 22.7 Å². The van der Waals surface area contributed by atoms with Gasteiger partial charge in [-0.05, 0) is 29.6 Å². The van der Waals surface area contributed by atoms with Gasteiger partial charge in [-0.2, -0.15) is 5.26 Å². The topological polar surface area (TPSA) is 70.4 Å². The largest absolute Gasteiger partial charge is 0.468 e. The molecule has 0 aliphatic carbocycles. The molecule has 22 heavy (non-hydrogen) atoms. The molecule has 112 valence electrons. The van der Waals surface area contributed by atoms with Crippen LogP contribution in [0.25, 0.3) is 0 Å². The lowest BCUT2D eigenvalue weighted by atomic mass is 10.2. The second kappa shape index (κ2) is 6.83. The third-order valence-electron chi connectivity index (χ3n) is 2.86. The average molecular weight is 318 g/mol. The molecule has 5 nitrogen and oxygen atoms in total. The van der Waals surface area contributed by atoms with Crippen LogP contribution in [-0.2, 0) is 9.53 Å². The number of nitriles is 1. The van der Waals surface area contributed by atoms with Crippen molar-refractivity contribution in [2.75, 3.05) is 18.6 Å². The fourth-order valence-electron chi connectivity index (χ4n) is 1.80. The van der Waals surface area contributed by atoms with Crippen LogP contribution in [0.15, 0.2) is 35.7 Å². The van der Waals surface area contributed by atoms with E-state index in [2.05, 4.69) is 4.74 Å². The Morgan fingerprint density at radius 3 is 2.82 bits per heavy atom. The van der Waals surface area contributed by atoms with Crippen molar-refractivity contribution in [3.63, 3.8) is 0 Å². The molecule has 2 aromatic rings. The van der Waals surface area contributed by atoms with Gasteiger partial charge in [-0.1, -0.05) is 6.07 Å². The Morgan fingerprint density at radius 1 is 1.41 bits per heavy atom. The molecule has 0 atom stereocenters. The zero-order valence-corrected chi connectivity index (χ0v) is 12.4. The quantitative estimate of drug-likeness (QED) is 0.812. The first kappa shape index (κ1) is 15.7. The molecular formula is C15H11FN2O3S. The second-order valence-corrected chi connectivity index (χ2v) is 5.14. The first-order valence-electron chi connectivity index (χ1n) is 6.18. The third-order valence-corrected chi connectivity index (χ3v) is 3.76. The van der Waals surface area contributed by atoms with Crippen LogP contribution in [0.2, 0.25) is 0 Å². The van der Waals surface area contributed by atoms with Crippen LogP contribution in [0.1, 0.15) is 15.2 Å². The number of carbonyl (C=O) groups excluding carboxylic acids is 2. The van der Waals surface area contributed by atoms with Gasteiger partial charge in [0, 0.05) is 5.69 Å². The summed E-state index contributed by atoms with van der Waals surface area (Å²) in [5, 5.41) is 10.6. The van der Waals surface area contributed by atoms with E-state index < -0.39 is 17.7 Å². The van der Waals surface area contributed by atoms with Gasteiger partial charge in [-0.15, -0.1) is 11.3 Å². The molecule has 2 rings (SSSR count). The van der Waals surface area contributed by atoms with E-state index in [0.717, 1.165) is 22.3 Å². The van der Waals surface area contributed by atoms with Gasteiger partial charge in [0.25, 0.3) is 5.91 Å². The van der Waals surface area contributed by atoms with E-state index in [1.54, 1.807) is 5.38 Å². The lowest BCUT2D eigenvalue weighted by Crippen LogP contribution is -2.36. The summed E-state index contributed by atoms with van der Waals surface area (Å²) in [6.07, 6.45) is 0. The number of anilines is 1. The molecule has 0 aliphatic rings. The monoisotopic (exact) mass is 318 g/mol. The van der Waals surface area contributed by atoms with Crippen molar-refractivity contribution in [1.82, 2.24) is 0 Å². The smallest absolute Gasteiger partial charge is 0.325 e. The van der Waals surface area contributed by atoms with Gasteiger partial charge in [0.15, 0.2) is 0 Å². The molecule has 0 saturated carbocycles. The van der Waals surface area contributed by atoms with Crippen LogP contribution in [0.4, 0.5) is 10.1 Å². The minimum atomic E-state index is -0.646. The number of halogens is 1. The molecule has 0 N–H and O–H groups in total. The van der Waals surface area contributed by atoms with Gasteiger partial charge in [0.1, 0.15) is 23.3 Å². The predicted octanol–water partition coefficient (Wildman–Crippen LogP) is 2.58. The van der Waals surface area contributed by atoms with Crippen molar-refractivity contribution in [2.45, 2.75) is 0 Å². The van der Waals surface area contributed by atoms with Gasteiger partial charge in [0.05, 0.1) is 12.7 Å². The number of hydrogen-bond acceptors (Lipinski definition) is 5. The summed E-state index contributed by atoms with van der Waals surface area (Å²) in [5.74, 6) is -1.73. The van der Waals surface area contributed by atoms with Gasteiger partial charge < -0.3 is 4.74 Å². The number of esters is 1. The van der Waals surface area contributed by atoms with Crippen LogP contribution in [0, 0.1) is 17.1 Å². The van der Waals surface area contributed by atoms with Crippen molar-refractivity contribution in [2.24, 2.45) is 0 Å². The minimum absolute atomic E-state index is 0.190. The Bertz CT molecular complexity index is 751. The van der Waals surface area contributed by atoms with Crippen molar-refractivity contribution >= 4 is 28.9 Å². The second-order valence-electron chi connectivity index (χ2n) is 4.22. The predicted molar refractivity (Wildman–Crippen MR) is 79.1 cm³/mol. The Labute approximate surface area is 130 Å². The van der Waals surface area contributed by atoms with E-state index in [0.29, 0.717) is 0 Å². The summed E-state index contributed by atoms with van der Waals surface area (Å²) in [6.45, 7) is -0.373. The van der Waals surface area contributed by atoms with Crippen LogP contribution in [-0.4, -0.2) is 25.5 Å². The number of hydrogen-bond donors (Lipinski definition) is 0. The number of thiophene rings is 1. The fourth-order valence-corrected chi connectivity index (χ4v) is 2.60. The van der Waals surface area contributed by atoms with Crippen molar-refractivity contribution < 1.29 is 18.7 Å². The zero-order valence-electron chi connectivity index (χ0n) is 11.6. The summed E-state index contributed by atoms with van der Waals surface area (Å²) >= 11 is 1.08. The molecule has 1 aromatic carbocycles. The molecule has 0 aliphatic heterocycles. The van der Waals surface area contributed by atoms with Crippen molar-refractivity contribution in [1.29, 1.82) is 5.26 Å². The van der Waals surface area contributed by atoms with E-state index in [1.165, 1.54) is 31.4 Å². The summed E-state index contributed by atoms with van der Waals surface area (Å²) in [4.78, 5) is 25.4. The average Bonchev–Trinajstić information content (AvgIpc) is 3.00. The highest BCUT2D eigenvalue weighted by Gasteiger charge is 2.24. The Morgan fingerprint density at radius 2 is 2.18 bits per heavy atom. The Hall–Kier alpha value is -2.72. The first-order chi connectivity index (χ1) is 10.6. The number of methoxy groups -OCH3 is 1. The Balaban J connectivity index is 2.42. The van der Waals surface area contributed by atoms with E-state index in [4.69, 9.17) is 5.26 Å². The number of rotatable bonds is 4. The molecule has 0 bridgehead atoms. The molecule has 0 fully saturated rings. The number of amides is 1. The zero-order chi connectivity index (χ0) is 16.1. The molecule has 1 amide bonds. The molecule has 1 aromatic heterocycles. The maximum absolute atomic E-state index is 13.4. The fraction of sp³-hybridized carbons (Fsp3) is 0.133. The van der Waals surface area contributed by atoms with Gasteiger partial charge in [0.2, 0.25) is 0 Å². The third kappa shape index (κ3) is 3.30. The van der Waals surface area contributed by atoms with Gasteiger partial charge in [-0.25, -0.2) is 4.39 Å². The normalized spacial score (nSPS) is 9.86. The summed E-state index contributed by atoms with van der Waals surface area (Å²) < 4.78 is 18.0. The highest BCUT2D eigenvalue weighted by molar-refractivity contribution is 7.12. The van der Waals surface area contributed by atoms with Crippen LogP contribution in [0.5, 0.6) is 0 Å². The number of nitrogens with zero attached hydrogens (tertiary/aromatic N) is 2. The molecular weight excluding hydrogens is 307 g/mol. The molecule has 0 unspecified atom stereocenters. The standard InChI is InChI=1S/C15H11FN2O3S/c1-21-13(19)9-18(12-4-2-3-11(16)7-12)15(20)14-10(8-17)5-6-22-14/h2-7H,9H2,1H3. The van der Waals surface area contributed by atoms with Crippen molar-refractivity contribution in [3.05, 3.63) is 52.0 Å². The maximum atomic E-state index is 13.4. The highest BCUT2D eigenvalue weighted by atomic mass is 32.1. The van der Waals surface area contributed by atoms with E-state index in [1.807, 2.05) is 6.07 Å². The van der Waals surface area contributed by atoms with Crippen LogP contribution >= 0.6 is 11.3 Å². The van der Waals surface area contributed by atoms with Gasteiger partial charge >= 0.3 is 5.97 Å². The SMILES string of the molecule is COC(=O)CN(C(=O)c1sccc1C#N)c1cccc(F)c1. The first-order valence-corrected chi connectivity index (χ1v) is 7.06. The van der Waals surface area contributed by atoms with Crippen molar-refractivity contribution in [3.8, 4) is 6.07 Å². The molecule has 7 heteroatoms. The maximum Gasteiger partial charge on any atom is 0.325 e. The lowest BCUT2D eigenvalue weighted by Gasteiger charge is -2.21.